The highest BCUT2D eigenvalue weighted by Gasteiger charge is 2.13. The molecule has 0 unspecified atom stereocenters. The van der Waals surface area contributed by atoms with Crippen molar-refractivity contribution >= 4 is 18.1 Å². The number of aromatic nitrogens is 2. The molecule has 1 saturated heterocycles. The van der Waals surface area contributed by atoms with Crippen LogP contribution in [0.1, 0.15) is 24.8 Å². The van der Waals surface area contributed by atoms with Crippen molar-refractivity contribution in [3.8, 4) is 0 Å². The van der Waals surface area contributed by atoms with Gasteiger partial charge in [0, 0.05) is 24.6 Å². The van der Waals surface area contributed by atoms with Crippen LogP contribution in [-0.2, 0) is 22.7 Å². The molecule has 0 spiro atoms. The summed E-state index contributed by atoms with van der Waals surface area (Å²) in [6.07, 6.45) is 6.75. The van der Waals surface area contributed by atoms with Crippen LogP contribution in [0.4, 0.5) is 5.69 Å². The van der Waals surface area contributed by atoms with Gasteiger partial charge in [-0.05, 0) is 43.6 Å². The lowest BCUT2D eigenvalue weighted by molar-refractivity contribution is -0.123. The number of benzene rings is 1. The molecule has 1 amide bonds. The highest BCUT2D eigenvalue weighted by Crippen LogP contribution is 2.19. The summed E-state index contributed by atoms with van der Waals surface area (Å²) in [7, 11) is 0. The van der Waals surface area contributed by atoms with Gasteiger partial charge in [-0.1, -0.05) is 24.6 Å². The first kappa shape index (κ1) is 20.3. The molecular formula is C19H24N4O4. The van der Waals surface area contributed by atoms with E-state index >= 15 is 0 Å². The molecule has 1 aliphatic heterocycles. The largest absolute Gasteiger partial charge is 0.483 e. The Morgan fingerprint density at radius 3 is 2.59 bits per heavy atom. The van der Waals surface area contributed by atoms with E-state index in [2.05, 4.69) is 15.2 Å². The van der Waals surface area contributed by atoms with E-state index in [1.54, 1.807) is 12.3 Å². The van der Waals surface area contributed by atoms with Crippen LogP contribution in [0.25, 0.3) is 0 Å². The zero-order chi connectivity index (χ0) is 19.5. The van der Waals surface area contributed by atoms with Crippen LogP contribution in [0.2, 0.25) is 0 Å². The fraction of sp³-hybridized carbons (Fsp3) is 0.368. The summed E-state index contributed by atoms with van der Waals surface area (Å²) in [6, 6.07) is 9.48. The summed E-state index contributed by atoms with van der Waals surface area (Å²) in [4.78, 5) is 38.3. The minimum atomic E-state index is -0.422. The van der Waals surface area contributed by atoms with Crippen LogP contribution in [0.5, 0.6) is 0 Å². The first-order chi connectivity index (χ1) is 13.1. The van der Waals surface area contributed by atoms with Gasteiger partial charge in [-0.2, -0.15) is 0 Å². The number of carbonyl (C=O) groups excluding carboxylic acids is 1. The molecule has 8 heteroatoms. The molecule has 3 rings (SSSR count). The van der Waals surface area contributed by atoms with Crippen molar-refractivity contribution in [3.05, 3.63) is 58.8 Å². The summed E-state index contributed by atoms with van der Waals surface area (Å²) in [5.41, 5.74) is 1.49. The molecule has 1 aliphatic rings. The molecule has 0 saturated carbocycles. The van der Waals surface area contributed by atoms with Crippen LogP contribution >= 0.6 is 0 Å². The molecule has 2 heterocycles. The highest BCUT2D eigenvalue weighted by atomic mass is 16.3. The van der Waals surface area contributed by atoms with E-state index in [-0.39, 0.29) is 18.9 Å². The number of piperidine rings is 1. The Kier molecular flexibility index (Phi) is 8.18. The van der Waals surface area contributed by atoms with Crippen LogP contribution in [0.15, 0.2) is 47.5 Å². The van der Waals surface area contributed by atoms with Crippen molar-refractivity contribution in [1.82, 2.24) is 14.5 Å². The Hall–Kier alpha value is -3.00. The third-order valence-electron chi connectivity index (χ3n) is 4.23. The maximum atomic E-state index is 12.3. The van der Waals surface area contributed by atoms with Gasteiger partial charge in [-0.15, -0.1) is 0 Å². The SMILES string of the molecule is O=C(Cn1cccnc1=O)Nc1ccccc1CN1CCCCC1.O=CO. The summed E-state index contributed by atoms with van der Waals surface area (Å²) in [6.45, 7) is 2.76. The van der Waals surface area contributed by atoms with E-state index in [0.29, 0.717) is 0 Å². The van der Waals surface area contributed by atoms with Crippen molar-refractivity contribution in [2.24, 2.45) is 0 Å². The number of carboxylic acid groups (broad SMARTS) is 1. The second-order valence-corrected chi connectivity index (χ2v) is 6.18. The maximum Gasteiger partial charge on any atom is 0.347 e. The predicted molar refractivity (Wildman–Crippen MR) is 101 cm³/mol. The zero-order valence-corrected chi connectivity index (χ0v) is 15.1. The molecule has 1 aromatic heterocycles. The average molecular weight is 372 g/mol. The summed E-state index contributed by atoms with van der Waals surface area (Å²) < 4.78 is 1.29. The standard InChI is InChI=1S/C18H22N4O2.CH2O2/c23-17(14-22-12-6-9-19-18(22)24)20-16-8-3-2-7-15(16)13-21-10-4-1-5-11-21;2-1-3/h2-3,6-9,12H,1,4-5,10-11,13-14H2,(H,20,23);1H,(H,2,3). The molecule has 0 aliphatic carbocycles. The molecule has 1 aromatic carbocycles. The minimum Gasteiger partial charge on any atom is -0.483 e. The van der Waals surface area contributed by atoms with Gasteiger partial charge in [0.25, 0.3) is 6.47 Å². The van der Waals surface area contributed by atoms with E-state index in [9.17, 15) is 9.59 Å². The smallest absolute Gasteiger partial charge is 0.347 e. The quantitative estimate of drug-likeness (QED) is 0.772. The summed E-state index contributed by atoms with van der Waals surface area (Å²) >= 11 is 0. The first-order valence-corrected chi connectivity index (χ1v) is 8.83. The third-order valence-corrected chi connectivity index (χ3v) is 4.23. The van der Waals surface area contributed by atoms with Crippen molar-refractivity contribution in [2.75, 3.05) is 18.4 Å². The molecule has 1 fully saturated rings. The number of anilines is 1. The second kappa shape index (κ2) is 10.9. The number of para-hydroxylation sites is 1. The fourth-order valence-electron chi connectivity index (χ4n) is 2.99. The van der Waals surface area contributed by atoms with E-state index in [1.807, 2.05) is 24.3 Å². The van der Waals surface area contributed by atoms with Gasteiger partial charge < -0.3 is 10.4 Å². The molecule has 0 radical (unpaired) electrons. The molecule has 144 valence electrons. The lowest BCUT2D eigenvalue weighted by Crippen LogP contribution is -2.30. The molecular weight excluding hydrogens is 348 g/mol. The Labute approximate surface area is 157 Å². The number of carbonyl (C=O) groups is 2. The van der Waals surface area contributed by atoms with E-state index in [0.717, 1.165) is 30.9 Å². The van der Waals surface area contributed by atoms with Gasteiger partial charge in [0.15, 0.2) is 0 Å². The molecule has 27 heavy (non-hydrogen) atoms. The van der Waals surface area contributed by atoms with Gasteiger partial charge in [0.2, 0.25) is 5.91 Å². The summed E-state index contributed by atoms with van der Waals surface area (Å²) in [5.74, 6) is -0.226. The molecule has 0 atom stereocenters. The summed E-state index contributed by atoms with van der Waals surface area (Å²) in [5, 5.41) is 9.81. The molecule has 2 N–H and O–H groups in total. The number of likely N-dealkylation sites (tertiary alicyclic amines) is 1. The number of hydrogen-bond donors (Lipinski definition) is 2. The van der Waals surface area contributed by atoms with Gasteiger partial charge in [-0.3, -0.25) is 19.1 Å². The van der Waals surface area contributed by atoms with E-state index in [1.165, 1.54) is 30.0 Å². The maximum absolute atomic E-state index is 12.3. The highest BCUT2D eigenvalue weighted by molar-refractivity contribution is 5.91. The molecule has 0 bridgehead atoms. The second-order valence-electron chi connectivity index (χ2n) is 6.18. The molecule has 2 aromatic rings. The third kappa shape index (κ3) is 6.67. The molecule has 8 nitrogen and oxygen atoms in total. The Balaban J connectivity index is 0.000000817. The van der Waals surface area contributed by atoms with Crippen molar-refractivity contribution in [1.29, 1.82) is 0 Å². The predicted octanol–water partition coefficient (Wildman–Crippen LogP) is 1.57. The lowest BCUT2D eigenvalue weighted by Gasteiger charge is -2.27. The van der Waals surface area contributed by atoms with Crippen molar-refractivity contribution < 1.29 is 14.7 Å². The Morgan fingerprint density at radius 2 is 1.89 bits per heavy atom. The minimum absolute atomic E-state index is 0.0370. The number of amides is 1. The van der Waals surface area contributed by atoms with Crippen LogP contribution in [0, 0.1) is 0 Å². The normalized spacial score (nSPS) is 13.9. The zero-order valence-electron chi connectivity index (χ0n) is 15.1. The monoisotopic (exact) mass is 372 g/mol. The van der Waals surface area contributed by atoms with E-state index in [4.69, 9.17) is 9.90 Å². The van der Waals surface area contributed by atoms with Gasteiger partial charge in [-0.25, -0.2) is 9.78 Å². The van der Waals surface area contributed by atoms with Gasteiger partial charge >= 0.3 is 5.69 Å². The Morgan fingerprint density at radius 1 is 1.19 bits per heavy atom. The van der Waals surface area contributed by atoms with Crippen molar-refractivity contribution in [2.45, 2.75) is 32.4 Å². The fourth-order valence-corrected chi connectivity index (χ4v) is 2.99. The number of nitrogens with zero attached hydrogens (tertiary/aromatic N) is 3. The number of nitrogens with one attached hydrogen (secondary N) is 1. The topological polar surface area (TPSA) is 105 Å². The average Bonchev–Trinajstić information content (AvgIpc) is 2.67. The number of hydrogen-bond acceptors (Lipinski definition) is 5. The Bertz CT molecular complexity index is 800. The van der Waals surface area contributed by atoms with E-state index < -0.39 is 5.69 Å². The first-order valence-electron chi connectivity index (χ1n) is 8.83. The lowest BCUT2D eigenvalue weighted by atomic mass is 10.1. The van der Waals surface area contributed by atoms with Crippen LogP contribution in [-0.4, -0.2) is 45.0 Å². The van der Waals surface area contributed by atoms with Crippen molar-refractivity contribution in [3.63, 3.8) is 0 Å². The van der Waals surface area contributed by atoms with Gasteiger partial charge in [0.05, 0.1) is 0 Å². The van der Waals surface area contributed by atoms with Crippen LogP contribution < -0.4 is 11.0 Å². The number of rotatable bonds is 5. The van der Waals surface area contributed by atoms with Gasteiger partial charge in [0.1, 0.15) is 6.54 Å². The van der Waals surface area contributed by atoms with Crippen LogP contribution in [0.3, 0.4) is 0 Å².